The van der Waals surface area contributed by atoms with Crippen LogP contribution in [0.3, 0.4) is 0 Å². The fraction of sp³-hybridized carbons (Fsp3) is 0.409. The smallest absolute Gasteiger partial charge is 0.407 e. The number of benzene rings is 1. The molecule has 0 bridgehead atoms. The molecule has 0 spiro atoms. The minimum Gasteiger partial charge on any atom is -0.444 e. The molecule has 1 aromatic carbocycles. The Labute approximate surface area is 175 Å². The second kappa shape index (κ2) is 8.99. The lowest BCUT2D eigenvalue weighted by atomic mass is 9.81. The van der Waals surface area contributed by atoms with Gasteiger partial charge in [-0.25, -0.2) is 14.2 Å². The molecule has 158 valence electrons. The van der Waals surface area contributed by atoms with Crippen LogP contribution in [0, 0.1) is 23.6 Å². The van der Waals surface area contributed by atoms with Crippen molar-refractivity contribution in [1.82, 2.24) is 15.3 Å². The average molecular weight is 411 g/mol. The maximum Gasteiger partial charge on any atom is 0.407 e. The van der Waals surface area contributed by atoms with Gasteiger partial charge in [0.15, 0.2) is 0 Å². The second-order valence-corrected chi connectivity index (χ2v) is 8.12. The van der Waals surface area contributed by atoms with E-state index in [1.165, 1.54) is 12.1 Å². The van der Waals surface area contributed by atoms with E-state index in [4.69, 9.17) is 4.74 Å². The van der Waals surface area contributed by atoms with Crippen LogP contribution < -0.4 is 16.0 Å². The van der Waals surface area contributed by atoms with Crippen LogP contribution >= 0.6 is 0 Å². The van der Waals surface area contributed by atoms with Crippen molar-refractivity contribution in [2.24, 2.45) is 5.92 Å². The summed E-state index contributed by atoms with van der Waals surface area (Å²) in [5.74, 6) is 7.10. The van der Waals surface area contributed by atoms with Gasteiger partial charge in [-0.3, -0.25) is 0 Å². The Morgan fingerprint density at radius 3 is 2.73 bits per heavy atom. The molecule has 1 aliphatic carbocycles. The van der Waals surface area contributed by atoms with Gasteiger partial charge < -0.3 is 20.7 Å². The Hall–Kier alpha value is -3.34. The topological polar surface area (TPSA) is 88.2 Å². The molecule has 1 fully saturated rings. The monoisotopic (exact) mass is 411 g/mol. The number of aromatic nitrogens is 2. The van der Waals surface area contributed by atoms with Crippen LogP contribution in [-0.4, -0.2) is 34.8 Å². The van der Waals surface area contributed by atoms with Crippen molar-refractivity contribution in [3.8, 4) is 11.8 Å². The van der Waals surface area contributed by atoms with Gasteiger partial charge in [0.05, 0.1) is 11.8 Å². The predicted molar refractivity (Wildman–Crippen MR) is 114 cm³/mol. The number of ether oxygens (including phenoxy) is 1. The van der Waals surface area contributed by atoms with Crippen LogP contribution in [0.15, 0.2) is 30.5 Å². The van der Waals surface area contributed by atoms with Crippen LogP contribution in [0.25, 0.3) is 0 Å². The summed E-state index contributed by atoms with van der Waals surface area (Å²) in [7, 11) is 1.75. The molecule has 0 saturated heterocycles. The summed E-state index contributed by atoms with van der Waals surface area (Å²) in [4.78, 5) is 20.4. The van der Waals surface area contributed by atoms with Crippen molar-refractivity contribution in [3.63, 3.8) is 0 Å². The summed E-state index contributed by atoms with van der Waals surface area (Å²) in [6, 6.07) is 6.17. The first kappa shape index (κ1) is 21.4. The Kier molecular flexibility index (Phi) is 6.40. The first-order valence-corrected chi connectivity index (χ1v) is 9.80. The number of anilines is 3. The lowest BCUT2D eigenvalue weighted by molar-refractivity contribution is 0.0467. The van der Waals surface area contributed by atoms with Gasteiger partial charge in [0, 0.05) is 24.7 Å². The molecule has 3 N–H and O–H groups in total. The van der Waals surface area contributed by atoms with Crippen molar-refractivity contribution in [3.05, 3.63) is 41.8 Å². The number of halogens is 1. The second-order valence-electron chi connectivity index (χ2n) is 8.12. The van der Waals surface area contributed by atoms with Crippen LogP contribution in [0.4, 0.5) is 26.6 Å². The van der Waals surface area contributed by atoms with Gasteiger partial charge in [0.1, 0.15) is 17.2 Å². The maximum absolute atomic E-state index is 13.3. The van der Waals surface area contributed by atoms with Crippen LogP contribution in [0.2, 0.25) is 0 Å². The fourth-order valence-electron chi connectivity index (χ4n) is 2.93. The summed E-state index contributed by atoms with van der Waals surface area (Å²) < 4.78 is 18.6. The van der Waals surface area contributed by atoms with E-state index in [-0.39, 0.29) is 17.8 Å². The number of carbonyl (C=O) groups is 1. The third-order valence-electron chi connectivity index (χ3n) is 4.38. The molecule has 7 nitrogen and oxygen atoms in total. The highest BCUT2D eigenvalue weighted by Gasteiger charge is 2.30. The van der Waals surface area contributed by atoms with Gasteiger partial charge >= 0.3 is 6.09 Å². The van der Waals surface area contributed by atoms with Crippen molar-refractivity contribution in [1.29, 1.82) is 0 Å². The van der Waals surface area contributed by atoms with Crippen LogP contribution in [-0.2, 0) is 4.74 Å². The lowest BCUT2D eigenvalue weighted by Crippen LogP contribution is -2.45. The number of nitrogens with zero attached hydrogens (tertiary/aromatic N) is 2. The minimum atomic E-state index is -0.508. The third kappa shape index (κ3) is 6.08. The highest BCUT2D eigenvalue weighted by Crippen LogP contribution is 2.27. The van der Waals surface area contributed by atoms with E-state index in [9.17, 15) is 9.18 Å². The first-order valence-electron chi connectivity index (χ1n) is 9.80. The Balaban J connectivity index is 1.56. The minimum absolute atomic E-state index is 0.0806. The van der Waals surface area contributed by atoms with E-state index >= 15 is 0 Å². The van der Waals surface area contributed by atoms with E-state index in [2.05, 4.69) is 37.8 Å². The molecule has 1 amide bonds. The van der Waals surface area contributed by atoms with Gasteiger partial charge in [-0.1, -0.05) is 17.9 Å². The standard InChI is InChI=1S/C22H26FN5O2/c1-22(2,3)30-21(29)27-18-10-14(11-18)8-9-15-13-25-20(28-19(15)24-4)26-17-7-5-6-16(23)12-17/h5-7,12-14,18H,10-11H2,1-4H3,(H,27,29)(H2,24,25,26,28). The average Bonchev–Trinajstić information content (AvgIpc) is 2.62. The predicted octanol–water partition coefficient (Wildman–Crippen LogP) is 4.06. The molecule has 1 saturated carbocycles. The van der Waals surface area contributed by atoms with E-state index < -0.39 is 11.7 Å². The summed E-state index contributed by atoms with van der Waals surface area (Å²) in [5, 5.41) is 8.84. The van der Waals surface area contributed by atoms with E-state index in [1.54, 1.807) is 25.4 Å². The Morgan fingerprint density at radius 1 is 1.30 bits per heavy atom. The molecule has 0 atom stereocenters. The van der Waals surface area contributed by atoms with Crippen LogP contribution in [0.1, 0.15) is 39.2 Å². The number of carbonyl (C=O) groups excluding carboxylic acids is 1. The lowest BCUT2D eigenvalue weighted by Gasteiger charge is -2.33. The highest BCUT2D eigenvalue weighted by atomic mass is 19.1. The molecule has 2 aromatic rings. The number of hydrogen-bond acceptors (Lipinski definition) is 6. The summed E-state index contributed by atoms with van der Waals surface area (Å²) >= 11 is 0. The van der Waals surface area contributed by atoms with Crippen molar-refractivity contribution < 1.29 is 13.9 Å². The van der Waals surface area contributed by atoms with Gasteiger partial charge in [0.25, 0.3) is 0 Å². The van der Waals surface area contributed by atoms with Gasteiger partial charge in [0.2, 0.25) is 5.95 Å². The largest absolute Gasteiger partial charge is 0.444 e. The normalized spacial score (nSPS) is 17.8. The molecule has 8 heteroatoms. The molecule has 1 heterocycles. The Bertz CT molecular complexity index is 971. The SMILES string of the molecule is CNc1nc(Nc2cccc(F)c2)ncc1C#CC1CC(NC(=O)OC(C)(C)C)C1. The zero-order valence-corrected chi connectivity index (χ0v) is 17.5. The molecule has 3 rings (SSSR count). The van der Waals surface area contributed by atoms with Gasteiger partial charge in [-0.15, -0.1) is 0 Å². The summed E-state index contributed by atoms with van der Waals surface area (Å²) in [5.41, 5.74) is 0.728. The third-order valence-corrected chi connectivity index (χ3v) is 4.38. The number of hydrogen-bond donors (Lipinski definition) is 3. The summed E-state index contributed by atoms with van der Waals surface area (Å²) in [6.45, 7) is 5.51. The molecule has 0 radical (unpaired) electrons. The van der Waals surface area contributed by atoms with E-state index in [0.29, 0.717) is 23.0 Å². The maximum atomic E-state index is 13.3. The Morgan fingerprint density at radius 2 is 2.07 bits per heavy atom. The number of alkyl carbamates (subject to hydrolysis) is 1. The number of nitrogens with one attached hydrogen (secondary N) is 3. The van der Waals surface area contributed by atoms with Gasteiger partial charge in [-0.2, -0.15) is 4.98 Å². The number of amides is 1. The molecule has 0 unspecified atom stereocenters. The van der Waals surface area contributed by atoms with Crippen molar-refractivity contribution >= 4 is 23.5 Å². The van der Waals surface area contributed by atoms with E-state index in [0.717, 1.165) is 12.8 Å². The molecule has 1 aliphatic rings. The zero-order chi connectivity index (χ0) is 21.7. The van der Waals surface area contributed by atoms with Crippen molar-refractivity contribution in [2.45, 2.75) is 45.3 Å². The summed E-state index contributed by atoms with van der Waals surface area (Å²) in [6.07, 6.45) is 2.79. The first-order chi connectivity index (χ1) is 14.2. The van der Waals surface area contributed by atoms with Gasteiger partial charge in [-0.05, 0) is 51.8 Å². The zero-order valence-electron chi connectivity index (χ0n) is 17.5. The fourth-order valence-corrected chi connectivity index (χ4v) is 2.93. The van der Waals surface area contributed by atoms with Crippen LogP contribution in [0.5, 0.6) is 0 Å². The quantitative estimate of drug-likeness (QED) is 0.658. The molecular formula is C22H26FN5O2. The molecule has 0 aliphatic heterocycles. The molecule has 30 heavy (non-hydrogen) atoms. The highest BCUT2D eigenvalue weighted by molar-refractivity contribution is 5.68. The number of rotatable bonds is 4. The molecule has 1 aromatic heterocycles. The van der Waals surface area contributed by atoms with Crippen molar-refractivity contribution in [2.75, 3.05) is 17.7 Å². The molecular weight excluding hydrogens is 385 g/mol. The van der Waals surface area contributed by atoms with E-state index in [1.807, 2.05) is 20.8 Å².